The molecule has 0 atom stereocenters. The van der Waals surface area contributed by atoms with Crippen LogP contribution in [0.5, 0.6) is 0 Å². The highest BCUT2D eigenvalue weighted by molar-refractivity contribution is 7.14. The second kappa shape index (κ2) is 3.35. The molecule has 0 spiro atoms. The number of nitrogens with two attached hydrogens (primary N) is 1. The summed E-state index contributed by atoms with van der Waals surface area (Å²) in [6.45, 7) is 0. The molecule has 1 aliphatic carbocycles. The minimum Gasteiger partial charge on any atom is -0.389 e. The lowest BCUT2D eigenvalue weighted by Crippen LogP contribution is -1.87. The van der Waals surface area contributed by atoms with E-state index in [0.29, 0.717) is 0 Å². The van der Waals surface area contributed by atoms with Gasteiger partial charge in [0.1, 0.15) is 10.7 Å². The van der Waals surface area contributed by atoms with Gasteiger partial charge in [-0.25, -0.2) is 4.98 Å². The summed E-state index contributed by atoms with van der Waals surface area (Å²) in [6.07, 6.45) is 2.66. The molecule has 76 valence electrons. The highest BCUT2D eigenvalue weighted by Gasteiger charge is 2.23. The molecular weight excluding hydrogens is 204 g/mol. The normalized spacial score (nSPS) is 15.5. The summed E-state index contributed by atoms with van der Waals surface area (Å²) < 4.78 is 0. The Labute approximate surface area is 92.8 Å². The highest BCUT2D eigenvalue weighted by Crippen LogP contribution is 2.41. The molecule has 3 rings (SSSR count). The van der Waals surface area contributed by atoms with Crippen LogP contribution >= 0.6 is 11.3 Å². The van der Waals surface area contributed by atoms with Gasteiger partial charge >= 0.3 is 0 Å². The molecule has 0 aliphatic heterocycles. The topological polar surface area (TPSA) is 38.9 Å². The van der Waals surface area contributed by atoms with Gasteiger partial charge in [0.05, 0.1) is 5.51 Å². The van der Waals surface area contributed by atoms with Gasteiger partial charge in [0.2, 0.25) is 0 Å². The van der Waals surface area contributed by atoms with Gasteiger partial charge in [0.25, 0.3) is 0 Å². The van der Waals surface area contributed by atoms with Crippen molar-refractivity contribution in [2.24, 2.45) is 0 Å². The van der Waals surface area contributed by atoms with Crippen LogP contribution in [0.1, 0.15) is 24.3 Å². The molecule has 1 aromatic heterocycles. The second-order valence-electron chi connectivity index (χ2n) is 3.96. The molecule has 1 aliphatic rings. The summed E-state index contributed by atoms with van der Waals surface area (Å²) in [7, 11) is 0. The van der Waals surface area contributed by atoms with Gasteiger partial charge in [-0.05, 0) is 30.4 Å². The van der Waals surface area contributed by atoms with E-state index in [0.717, 1.165) is 22.2 Å². The summed E-state index contributed by atoms with van der Waals surface area (Å²) in [6, 6.07) is 8.60. The van der Waals surface area contributed by atoms with E-state index in [1.807, 2.05) is 0 Å². The van der Waals surface area contributed by atoms with Gasteiger partial charge in [-0.2, -0.15) is 0 Å². The molecule has 0 unspecified atom stereocenters. The molecule has 15 heavy (non-hydrogen) atoms. The predicted octanol–water partition coefficient (Wildman–Crippen LogP) is 3.27. The fourth-order valence-electron chi connectivity index (χ4n) is 1.83. The van der Waals surface area contributed by atoms with Gasteiger partial charge in [-0.3, -0.25) is 0 Å². The number of hydrogen-bond acceptors (Lipinski definition) is 3. The summed E-state index contributed by atoms with van der Waals surface area (Å²) in [5, 5.41) is 0.808. The maximum atomic E-state index is 5.87. The zero-order valence-corrected chi connectivity index (χ0v) is 9.13. The lowest BCUT2D eigenvalue weighted by molar-refractivity contribution is 1.13. The number of benzene rings is 1. The van der Waals surface area contributed by atoms with Gasteiger partial charge < -0.3 is 5.73 Å². The Morgan fingerprint density at radius 3 is 2.87 bits per heavy atom. The Morgan fingerprint density at radius 2 is 2.20 bits per heavy atom. The average molecular weight is 216 g/mol. The second-order valence-corrected chi connectivity index (χ2v) is 4.85. The standard InChI is InChI=1S/C12H12N2S/c13-12-11(14-7-15-12)10-3-1-2-9(6-10)8-4-5-8/h1-3,6-8H,4-5,13H2. The van der Waals surface area contributed by atoms with Crippen LogP contribution in [0.25, 0.3) is 11.3 Å². The number of hydrogen-bond donors (Lipinski definition) is 1. The van der Waals surface area contributed by atoms with E-state index in [4.69, 9.17) is 5.73 Å². The van der Waals surface area contributed by atoms with Crippen LogP contribution in [0.2, 0.25) is 0 Å². The summed E-state index contributed by atoms with van der Waals surface area (Å²) >= 11 is 1.50. The van der Waals surface area contributed by atoms with Crippen molar-refractivity contribution >= 4 is 16.3 Å². The fraction of sp³-hybridized carbons (Fsp3) is 0.250. The lowest BCUT2D eigenvalue weighted by atomic mass is 10.1. The van der Waals surface area contributed by atoms with Crippen LogP contribution in [0, 0.1) is 0 Å². The van der Waals surface area contributed by atoms with E-state index in [1.54, 1.807) is 5.51 Å². The average Bonchev–Trinajstić information content (AvgIpc) is 3.02. The Balaban J connectivity index is 2.04. The van der Waals surface area contributed by atoms with Crippen molar-refractivity contribution in [1.82, 2.24) is 4.98 Å². The van der Waals surface area contributed by atoms with Gasteiger partial charge in [-0.15, -0.1) is 11.3 Å². The number of aromatic nitrogens is 1. The molecule has 1 saturated carbocycles. The van der Waals surface area contributed by atoms with Crippen molar-refractivity contribution in [1.29, 1.82) is 0 Å². The molecule has 1 heterocycles. The maximum Gasteiger partial charge on any atom is 0.114 e. The zero-order chi connectivity index (χ0) is 10.3. The summed E-state index contributed by atoms with van der Waals surface area (Å²) in [5.41, 5.74) is 11.2. The molecule has 2 aromatic rings. The van der Waals surface area contributed by atoms with Crippen LogP contribution in [-0.2, 0) is 0 Å². The number of thiazole rings is 1. The quantitative estimate of drug-likeness (QED) is 0.836. The largest absolute Gasteiger partial charge is 0.389 e. The van der Waals surface area contributed by atoms with Crippen LogP contribution in [0.4, 0.5) is 5.00 Å². The van der Waals surface area contributed by atoms with E-state index >= 15 is 0 Å². The molecular formula is C12H12N2S. The number of nitrogen functional groups attached to an aromatic ring is 1. The first kappa shape index (κ1) is 8.92. The van der Waals surface area contributed by atoms with Crippen LogP contribution in [0.3, 0.4) is 0 Å². The fourth-order valence-corrected chi connectivity index (χ4v) is 2.38. The molecule has 1 fully saturated rings. The van der Waals surface area contributed by atoms with E-state index in [1.165, 1.54) is 29.7 Å². The molecule has 0 bridgehead atoms. The minimum absolute atomic E-state index is 0.782. The van der Waals surface area contributed by atoms with Crippen LogP contribution in [-0.4, -0.2) is 4.98 Å². The maximum absolute atomic E-state index is 5.87. The Morgan fingerprint density at radius 1 is 1.33 bits per heavy atom. The first-order chi connectivity index (χ1) is 7.34. The number of anilines is 1. The first-order valence-corrected chi connectivity index (χ1v) is 6.02. The monoisotopic (exact) mass is 216 g/mol. The van der Waals surface area contributed by atoms with Crippen molar-refractivity contribution in [3.63, 3.8) is 0 Å². The Hall–Kier alpha value is -1.35. The van der Waals surface area contributed by atoms with Gasteiger partial charge in [-0.1, -0.05) is 18.2 Å². The third-order valence-corrected chi connectivity index (χ3v) is 3.46. The van der Waals surface area contributed by atoms with Crippen molar-refractivity contribution in [3.8, 4) is 11.3 Å². The summed E-state index contributed by atoms with van der Waals surface area (Å²) in [4.78, 5) is 4.30. The van der Waals surface area contributed by atoms with E-state index in [2.05, 4.69) is 29.2 Å². The number of rotatable bonds is 2. The van der Waals surface area contributed by atoms with Gasteiger partial charge in [0, 0.05) is 5.56 Å². The molecule has 0 saturated heterocycles. The van der Waals surface area contributed by atoms with Crippen LogP contribution < -0.4 is 5.73 Å². The van der Waals surface area contributed by atoms with Crippen molar-refractivity contribution in [3.05, 3.63) is 35.3 Å². The smallest absolute Gasteiger partial charge is 0.114 e. The summed E-state index contributed by atoms with van der Waals surface area (Å²) in [5.74, 6) is 0.782. The first-order valence-electron chi connectivity index (χ1n) is 5.14. The van der Waals surface area contributed by atoms with Crippen molar-refractivity contribution in [2.45, 2.75) is 18.8 Å². The zero-order valence-electron chi connectivity index (χ0n) is 8.31. The van der Waals surface area contributed by atoms with E-state index < -0.39 is 0 Å². The molecule has 0 amide bonds. The van der Waals surface area contributed by atoms with E-state index in [9.17, 15) is 0 Å². The van der Waals surface area contributed by atoms with Gasteiger partial charge in [0.15, 0.2) is 0 Å². The molecule has 3 heteroatoms. The SMILES string of the molecule is Nc1scnc1-c1cccc(C2CC2)c1. The van der Waals surface area contributed by atoms with Crippen LogP contribution in [0.15, 0.2) is 29.8 Å². The van der Waals surface area contributed by atoms with E-state index in [-0.39, 0.29) is 0 Å². The molecule has 1 aromatic carbocycles. The Bertz CT molecular complexity index is 486. The lowest BCUT2D eigenvalue weighted by Gasteiger charge is -2.02. The van der Waals surface area contributed by atoms with Crippen molar-refractivity contribution in [2.75, 3.05) is 5.73 Å². The third-order valence-electron chi connectivity index (χ3n) is 2.80. The molecule has 2 nitrogen and oxygen atoms in total. The minimum atomic E-state index is 0.782. The highest BCUT2D eigenvalue weighted by atomic mass is 32.1. The predicted molar refractivity (Wildman–Crippen MR) is 63.9 cm³/mol. The molecule has 0 radical (unpaired) electrons. The number of nitrogens with zero attached hydrogens (tertiary/aromatic N) is 1. The third kappa shape index (κ3) is 1.63. The molecule has 2 N–H and O–H groups in total. The van der Waals surface area contributed by atoms with Crippen molar-refractivity contribution < 1.29 is 0 Å². The Kier molecular flexibility index (Phi) is 1.99.